The van der Waals surface area contributed by atoms with Crippen LogP contribution < -0.4 is 5.32 Å². The van der Waals surface area contributed by atoms with Gasteiger partial charge in [-0.15, -0.1) is 6.58 Å². The summed E-state index contributed by atoms with van der Waals surface area (Å²) in [6.45, 7) is 14.0. The van der Waals surface area contributed by atoms with E-state index in [1.165, 1.54) is 0 Å². The topological polar surface area (TPSA) is 12.0 Å². The van der Waals surface area contributed by atoms with E-state index in [0.717, 1.165) is 12.1 Å². The SMILES string of the molecule is C=CC(C)CC(=C)NC(C)C. The van der Waals surface area contributed by atoms with Crippen molar-refractivity contribution in [2.24, 2.45) is 5.92 Å². The summed E-state index contributed by atoms with van der Waals surface area (Å²) in [7, 11) is 0. The number of rotatable bonds is 5. The third-order valence-electron chi connectivity index (χ3n) is 1.46. The average molecular weight is 153 g/mol. The first-order valence-electron chi connectivity index (χ1n) is 4.13. The van der Waals surface area contributed by atoms with E-state index in [0.29, 0.717) is 12.0 Å². The Morgan fingerprint density at radius 3 is 2.36 bits per heavy atom. The lowest BCUT2D eigenvalue weighted by molar-refractivity contribution is 0.602. The van der Waals surface area contributed by atoms with E-state index in [4.69, 9.17) is 0 Å². The van der Waals surface area contributed by atoms with Crippen molar-refractivity contribution in [1.82, 2.24) is 5.32 Å². The molecule has 1 N–H and O–H groups in total. The number of nitrogens with one attached hydrogen (secondary N) is 1. The van der Waals surface area contributed by atoms with Crippen LogP contribution in [-0.2, 0) is 0 Å². The maximum Gasteiger partial charge on any atom is 0.0201 e. The number of allylic oxidation sites excluding steroid dienone is 2. The normalized spacial score (nSPS) is 12.7. The van der Waals surface area contributed by atoms with Gasteiger partial charge in [-0.3, -0.25) is 0 Å². The molecule has 0 saturated carbocycles. The first-order valence-corrected chi connectivity index (χ1v) is 4.13. The van der Waals surface area contributed by atoms with Crippen molar-refractivity contribution >= 4 is 0 Å². The van der Waals surface area contributed by atoms with Gasteiger partial charge in [-0.05, 0) is 26.2 Å². The van der Waals surface area contributed by atoms with Crippen LogP contribution in [0.4, 0.5) is 0 Å². The second kappa shape index (κ2) is 5.00. The third kappa shape index (κ3) is 5.71. The molecule has 0 aromatic rings. The van der Waals surface area contributed by atoms with Gasteiger partial charge in [0.2, 0.25) is 0 Å². The molecule has 0 bridgehead atoms. The fraction of sp³-hybridized carbons (Fsp3) is 0.600. The van der Waals surface area contributed by atoms with Gasteiger partial charge >= 0.3 is 0 Å². The standard InChI is InChI=1S/C10H19N/c1-6-9(4)7-10(5)11-8(2)3/h6,8-9,11H,1,5,7H2,2-4H3. The molecule has 11 heavy (non-hydrogen) atoms. The molecule has 0 aliphatic carbocycles. The van der Waals surface area contributed by atoms with E-state index >= 15 is 0 Å². The summed E-state index contributed by atoms with van der Waals surface area (Å²) in [6.07, 6.45) is 2.94. The fourth-order valence-corrected chi connectivity index (χ4v) is 0.939. The highest BCUT2D eigenvalue weighted by molar-refractivity contribution is 4.96. The van der Waals surface area contributed by atoms with E-state index in [1.54, 1.807) is 0 Å². The van der Waals surface area contributed by atoms with E-state index < -0.39 is 0 Å². The minimum absolute atomic E-state index is 0.486. The molecule has 1 nitrogen and oxygen atoms in total. The van der Waals surface area contributed by atoms with Crippen molar-refractivity contribution < 1.29 is 0 Å². The first kappa shape index (κ1) is 10.3. The molecular formula is C10H19N. The molecule has 0 amide bonds. The predicted molar refractivity (Wildman–Crippen MR) is 51.4 cm³/mol. The molecule has 0 rings (SSSR count). The quantitative estimate of drug-likeness (QED) is 0.599. The van der Waals surface area contributed by atoms with E-state index in [1.807, 2.05) is 6.08 Å². The monoisotopic (exact) mass is 153 g/mol. The number of hydrogen-bond acceptors (Lipinski definition) is 1. The van der Waals surface area contributed by atoms with Crippen LogP contribution in [0.3, 0.4) is 0 Å². The number of hydrogen-bond donors (Lipinski definition) is 1. The predicted octanol–water partition coefficient (Wildman–Crippen LogP) is 2.71. The molecule has 0 aromatic carbocycles. The van der Waals surface area contributed by atoms with Crippen molar-refractivity contribution in [3.63, 3.8) is 0 Å². The molecule has 0 aliphatic rings. The Kier molecular flexibility index (Phi) is 4.67. The summed E-state index contributed by atoms with van der Waals surface area (Å²) in [5.74, 6) is 0.522. The largest absolute Gasteiger partial charge is 0.387 e. The second-order valence-electron chi connectivity index (χ2n) is 3.32. The molecule has 1 unspecified atom stereocenters. The Labute approximate surface area is 70.2 Å². The molecule has 1 heteroatoms. The zero-order valence-corrected chi connectivity index (χ0v) is 7.85. The Morgan fingerprint density at radius 2 is 2.00 bits per heavy atom. The summed E-state index contributed by atoms with van der Waals surface area (Å²) in [4.78, 5) is 0. The van der Waals surface area contributed by atoms with Crippen molar-refractivity contribution in [2.75, 3.05) is 0 Å². The first-order chi connectivity index (χ1) is 5.06. The van der Waals surface area contributed by atoms with Gasteiger partial charge in [-0.2, -0.15) is 0 Å². The summed E-state index contributed by atoms with van der Waals surface area (Å²) < 4.78 is 0. The smallest absolute Gasteiger partial charge is 0.0201 e. The highest BCUT2D eigenvalue weighted by Crippen LogP contribution is 2.08. The maximum absolute atomic E-state index is 3.92. The van der Waals surface area contributed by atoms with Gasteiger partial charge in [-0.25, -0.2) is 0 Å². The van der Waals surface area contributed by atoms with Crippen molar-refractivity contribution in [1.29, 1.82) is 0 Å². The molecule has 0 aliphatic heterocycles. The summed E-state index contributed by atoms with van der Waals surface area (Å²) in [5.41, 5.74) is 1.10. The van der Waals surface area contributed by atoms with E-state index in [-0.39, 0.29) is 0 Å². The molecule has 0 heterocycles. The molecule has 0 radical (unpaired) electrons. The molecule has 0 aromatic heterocycles. The van der Waals surface area contributed by atoms with Gasteiger partial charge in [0, 0.05) is 11.7 Å². The highest BCUT2D eigenvalue weighted by atomic mass is 14.9. The lowest BCUT2D eigenvalue weighted by atomic mass is 10.1. The van der Waals surface area contributed by atoms with Crippen molar-refractivity contribution in [3.05, 3.63) is 24.9 Å². The van der Waals surface area contributed by atoms with Gasteiger partial charge in [0.05, 0.1) is 0 Å². The third-order valence-corrected chi connectivity index (χ3v) is 1.46. The average Bonchev–Trinajstić information content (AvgIpc) is 1.85. The van der Waals surface area contributed by atoms with Crippen LogP contribution in [-0.4, -0.2) is 6.04 Å². The summed E-state index contributed by atoms with van der Waals surface area (Å²) in [5, 5.41) is 3.27. The minimum Gasteiger partial charge on any atom is -0.387 e. The molecular weight excluding hydrogens is 134 g/mol. The van der Waals surface area contributed by atoms with Crippen LogP contribution in [0.1, 0.15) is 27.2 Å². The van der Waals surface area contributed by atoms with Crippen LogP contribution in [0.15, 0.2) is 24.9 Å². The van der Waals surface area contributed by atoms with Crippen LogP contribution >= 0.6 is 0 Å². The highest BCUT2D eigenvalue weighted by Gasteiger charge is 2.00. The van der Waals surface area contributed by atoms with Crippen LogP contribution in [0.5, 0.6) is 0 Å². The molecule has 64 valence electrons. The van der Waals surface area contributed by atoms with Crippen LogP contribution in [0, 0.1) is 5.92 Å². The molecule has 0 spiro atoms. The van der Waals surface area contributed by atoms with Crippen molar-refractivity contribution in [3.8, 4) is 0 Å². The molecule has 1 atom stereocenters. The zero-order valence-electron chi connectivity index (χ0n) is 7.85. The Morgan fingerprint density at radius 1 is 1.45 bits per heavy atom. The van der Waals surface area contributed by atoms with E-state index in [2.05, 4.69) is 39.2 Å². The summed E-state index contributed by atoms with van der Waals surface area (Å²) in [6, 6.07) is 0.486. The summed E-state index contributed by atoms with van der Waals surface area (Å²) >= 11 is 0. The van der Waals surface area contributed by atoms with Crippen LogP contribution in [0.2, 0.25) is 0 Å². The van der Waals surface area contributed by atoms with Gasteiger partial charge in [-0.1, -0.05) is 19.6 Å². The second-order valence-corrected chi connectivity index (χ2v) is 3.32. The molecule has 0 saturated heterocycles. The lowest BCUT2D eigenvalue weighted by Crippen LogP contribution is -2.22. The van der Waals surface area contributed by atoms with Gasteiger partial charge < -0.3 is 5.32 Å². The Bertz CT molecular complexity index is 136. The fourth-order valence-electron chi connectivity index (χ4n) is 0.939. The lowest BCUT2D eigenvalue weighted by Gasteiger charge is -2.14. The Balaban J connectivity index is 3.60. The van der Waals surface area contributed by atoms with Crippen LogP contribution in [0.25, 0.3) is 0 Å². The minimum atomic E-state index is 0.486. The van der Waals surface area contributed by atoms with E-state index in [9.17, 15) is 0 Å². The Hall–Kier alpha value is -0.720. The zero-order chi connectivity index (χ0) is 8.85. The maximum atomic E-state index is 3.92. The van der Waals surface area contributed by atoms with Gasteiger partial charge in [0.25, 0.3) is 0 Å². The van der Waals surface area contributed by atoms with Gasteiger partial charge in [0.1, 0.15) is 0 Å². The van der Waals surface area contributed by atoms with Gasteiger partial charge in [0.15, 0.2) is 0 Å². The molecule has 0 fully saturated rings. The van der Waals surface area contributed by atoms with Crippen molar-refractivity contribution in [2.45, 2.75) is 33.2 Å².